The Labute approximate surface area is 160 Å². The van der Waals surface area contributed by atoms with Crippen molar-refractivity contribution in [1.29, 1.82) is 0 Å². The summed E-state index contributed by atoms with van der Waals surface area (Å²) in [5.74, 6) is -0.318. The molecule has 0 aliphatic carbocycles. The highest BCUT2D eigenvalue weighted by atomic mass is 32.2. The number of benzene rings is 1. The lowest BCUT2D eigenvalue weighted by atomic mass is 10.1. The lowest BCUT2D eigenvalue weighted by Gasteiger charge is -2.27. The van der Waals surface area contributed by atoms with Crippen LogP contribution in [0.2, 0.25) is 0 Å². The summed E-state index contributed by atoms with van der Waals surface area (Å²) in [7, 11) is 0. The van der Waals surface area contributed by atoms with Crippen LogP contribution in [0.4, 0.5) is 0 Å². The Morgan fingerprint density at radius 2 is 2.12 bits per heavy atom. The molecule has 0 saturated carbocycles. The van der Waals surface area contributed by atoms with Crippen LogP contribution in [0.3, 0.4) is 0 Å². The van der Waals surface area contributed by atoms with Crippen LogP contribution in [0.5, 0.6) is 5.75 Å². The van der Waals surface area contributed by atoms with Crippen molar-refractivity contribution in [2.75, 3.05) is 18.6 Å². The summed E-state index contributed by atoms with van der Waals surface area (Å²) >= 11 is 7.84. The van der Waals surface area contributed by atoms with E-state index in [0.717, 1.165) is 28.0 Å². The number of hydrogen-bond acceptors (Lipinski definition) is 7. The summed E-state index contributed by atoms with van der Waals surface area (Å²) in [5, 5.41) is 11.4. The molecule has 1 heterocycles. The van der Waals surface area contributed by atoms with E-state index >= 15 is 0 Å². The smallest absolute Gasteiger partial charge is 0.266 e. The number of carboxylic acids is 1. The number of carboxylic acid groups (broad SMARTS) is 1. The molecule has 2 rings (SSSR count). The number of nitrogens with zero attached hydrogens (tertiary/aromatic N) is 1. The standard InChI is InChI=1S/C17H19NO4S3/c1-3-22-12-6-4-11(5-7-12)10-14-15(19)18(17(23)25-14)13(16(20)21)8-9-24-2/h4-7,10,13H,3,8-9H2,1-2H3,(H,20,21)/p-1/b14-10+/t13-/m0/s1. The molecule has 25 heavy (non-hydrogen) atoms. The van der Waals surface area contributed by atoms with Gasteiger partial charge in [-0.25, -0.2) is 0 Å². The molecule has 0 bridgehead atoms. The summed E-state index contributed by atoms with van der Waals surface area (Å²) in [6.07, 6.45) is 3.88. The molecule has 0 radical (unpaired) electrons. The van der Waals surface area contributed by atoms with Crippen LogP contribution in [0.1, 0.15) is 18.9 Å². The number of aliphatic carboxylic acids is 1. The number of carbonyl (C=O) groups is 2. The third-order valence-corrected chi connectivity index (χ3v) is 5.47. The Bertz CT molecular complexity index is 688. The molecule has 134 valence electrons. The van der Waals surface area contributed by atoms with Crippen LogP contribution < -0.4 is 9.84 Å². The van der Waals surface area contributed by atoms with Crippen LogP contribution >= 0.6 is 35.7 Å². The number of rotatable bonds is 8. The van der Waals surface area contributed by atoms with Crippen molar-refractivity contribution in [3.05, 3.63) is 34.7 Å². The number of ether oxygens (including phenoxy) is 1. The molecule has 1 aromatic rings. The molecule has 0 aromatic heterocycles. The molecule has 1 aliphatic rings. The summed E-state index contributed by atoms with van der Waals surface area (Å²) in [5.41, 5.74) is 0.818. The van der Waals surface area contributed by atoms with Gasteiger partial charge < -0.3 is 14.6 Å². The highest BCUT2D eigenvalue weighted by molar-refractivity contribution is 8.26. The predicted molar refractivity (Wildman–Crippen MR) is 104 cm³/mol. The van der Waals surface area contributed by atoms with Crippen LogP contribution in [0.25, 0.3) is 6.08 Å². The van der Waals surface area contributed by atoms with Gasteiger partial charge in [-0.2, -0.15) is 11.8 Å². The van der Waals surface area contributed by atoms with Gasteiger partial charge in [0.2, 0.25) is 0 Å². The average Bonchev–Trinajstić information content (AvgIpc) is 2.84. The minimum absolute atomic E-state index is 0.248. The van der Waals surface area contributed by atoms with Gasteiger partial charge in [0.25, 0.3) is 5.91 Å². The molecule has 1 fully saturated rings. The fourth-order valence-electron chi connectivity index (χ4n) is 2.31. The number of carbonyl (C=O) groups excluding carboxylic acids is 2. The van der Waals surface area contributed by atoms with Gasteiger partial charge in [-0.3, -0.25) is 9.69 Å². The molecule has 0 N–H and O–H groups in total. The van der Waals surface area contributed by atoms with Gasteiger partial charge in [-0.05, 0) is 49.1 Å². The minimum atomic E-state index is -1.28. The molecular weight excluding hydrogens is 378 g/mol. The second-order valence-corrected chi connectivity index (χ2v) is 7.83. The van der Waals surface area contributed by atoms with Crippen molar-refractivity contribution in [2.45, 2.75) is 19.4 Å². The Hall–Kier alpha value is -1.51. The number of thioether (sulfide) groups is 2. The fraction of sp³-hybridized carbons (Fsp3) is 0.353. The molecule has 1 aliphatic heterocycles. The second-order valence-electron chi connectivity index (χ2n) is 5.17. The number of amides is 1. The summed E-state index contributed by atoms with van der Waals surface area (Å²) < 4.78 is 5.63. The molecule has 1 saturated heterocycles. The van der Waals surface area contributed by atoms with E-state index in [0.29, 0.717) is 23.7 Å². The lowest BCUT2D eigenvalue weighted by Crippen LogP contribution is -2.50. The van der Waals surface area contributed by atoms with Gasteiger partial charge >= 0.3 is 0 Å². The van der Waals surface area contributed by atoms with Crippen molar-refractivity contribution in [3.63, 3.8) is 0 Å². The van der Waals surface area contributed by atoms with Gasteiger partial charge in [0.15, 0.2) is 0 Å². The van der Waals surface area contributed by atoms with Crippen LogP contribution in [-0.4, -0.2) is 45.8 Å². The van der Waals surface area contributed by atoms with Crippen molar-refractivity contribution in [3.8, 4) is 5.75 Å². The Balaban J connectivity index is 2.20. The highest BCUT2D eigenvalue weighted by Crippen LogP contribution is 2.34. The van der Waals surface area contributed by atoms with E-state index in [1.807, 2.05) is 37.4 Å². The zero-order valence-corrected chi connectivity index (χ0v) is 16.3. The minimum Gasteiger partial charge on any atom is -0.548 e. The van der Waals surface area contributed by atoms with Gasteiger partial charge in [-0.15, -0.1) is 0 Å². The summed E-state index contributed by atoms with van der Waals surface area (Å²) in [6, 6.07) is 6.27. The summed E-state index contributed by atoms with van der Waals surface area (Å²) in [6.45, 7) is 2.49. The first kappa shape index (κ1) is 19.8. The van der Waals surface area contributed by atoms with Crippen molar-refractivity contribution in [1.82, 2.24) is 4.90 Å². The van der Waals surface area contributed by atoms with Crippen molar-refractivity contribution in [2.24, 2.45) is 0 Å². The first-order valence-corrected chi connectivity index (χ1v) is 10.3. The SMILES string of the molecule is CCOc1ccc(/C=C2/SC(=S)N([C@@H](CCSC)C(=O)[O-])C2=O)cc1. The van der Waals surface area contributed by atoms with E-state index in [1.165, 1.54) is 11.8 Å². The Morgan fingerprint density at radius 1 is 1.44 bits per heavy atom. The maximum absolute atomic E-state index is 12.6. The molecule has 0 spiro atoms. The largest absolute Gasteiger partial charge is 0.548 e. The monoisotopic (exact) mass is 396 g/mol. The van der Waals surface area contributed by atoms with Crippen LogP contribution in [-0.2, 0) is 9.59 Å². The molecule has 8 heteroatoms. The van der Waals surface area contributed by atoms with E-state index < -0.39 is 12.0 Å². The quantitative estimate of drug-likeness (QED) is 0.493. The molecule has 1 amide bonds. The Kier molecular flexibility index (Phi) is 7.34. The number of thiocarbonyl (C=S) groups is 1. The van der Waals surface area contributed by atoms with Gasteiger partial charge in [-0.1, -0.05) is 36.1 Å². The van der Waals surface area contributed by atoms with Gasteiger partial charge in [0.05, 0.1) is 23.5 Å². The van der Waals surface area contributed by atoms with Crippen LogP contribution in [0.15, 0.2) is 29.2 Å². The van der Waals surface area contributed by atoms with E-state index in [9.17, 15) is 14.7 Å². The van der Waals surface area contributed by atoms with E-state index in [2.05, 4.69) is 0 Å². The van der Waals surface area contributed by atoms with Gasteiger partial charge in [0.1, 0.15) is 10.1 Å². The number of hydrogen-bond donors (Lipinski definition) is 0. The molecule has 1 atom stereocenters. The molecule has 0 unspecified atom stereocenters. The van der Waals surface area contributed by atoms with E-state index in [1.54, 1.807) is 6.08 Å². The normalized spacial score (nSPS) is 17.2. The fourth-order valence-corrected chi connectivity index (χ4v) is 4.12. The maximum Gasteiger partial charge on any atom is 0.266 e. The van der Waals surface area contributed by atoms with Crippen molar-refractivity contribution < 1.29 is 19.4 Å². The first-order chi connectivity index (χ1) is 12.0. The zero-order chi connectivity index (χ0) is 18.4. The molecule has 1 aromatic carbocycles. The molecular formula is C17H18NO4S3-. The van der Waals surface area contributed by atoms with E-state index in [-0.39, 0.29) is 10.2 Å². The topological polar surface area (TPSA) is 69.7 Å². The first-order valence-electron chi connectivity index (χ1n) is 7.67. The summed E-state index contributed by atoms with van der Waals surface area (Å²) in [4.78, 5) is 25.6. The maximum atomic E-state index is 12.6. The third kappa shape index (κ3) is 4.99. The lowest BCUT2D eigenvalue weighted by molar-refractivity contribution is -0.310. The molecule has 5 nitrogen and oxygen atoms in total. The highest BCUT2D eigenvalue weighted by Gasteiger charge is 2.37. The predicted octanol–water partition coefficient (Wildman–Crippen LogP) is 2.16. The van der Waals surface area contributed by atoms with Gasteiger partial charge in [0, 0.05) is 0 Å². The van der Waals surface area contributed by atoms with E-state index in [4.69, 9.17) is 17.0 Å². The van der Waals surface area contributed by atoms with Crippen LogP contribution in [0, 0.1) is 0 Å². The average molecular weight is 397 g/mol. The zero-order valence-electron chi connectivity index (χ0n) is 13.9. The second kappa shape index (κ2) is 9.26. The third-order valence-electron chi connectivity index (χ3n) is 3.49. The van der Waals surface area contributed by atoms with Crippen molar-refractivity contribution >= 4 is 58.0 Å². The Morgan fingerprint density at radius 3 is 2.68 bits per heavy atom.